The van der Waals surface area contributed by atoms with E-state index in [9.17, 15) is 0 Å². The smallest absolute Gasteiger partial charge is 0.147 e. The lowest BCUT2D eigenvalue weighted by molar-refractivity contribution is 0.838. The molecule has 1 aromatic heterocycles. The largest absolute Gasteiger partial charge is 0.358 e. The molecule has 0 saturated heterocycles. The van der Waals surface area contributed by atoms with E-state index in [2.05, 4.69) is 16.8 Å². The Kier molecular flexibility index (Phi) is 3.35. The molecular formula is C9H13ClN2. The molecule has 0 saturated carbocycles. The maximum atomic E-state index is 5.95. The van der Waals surface area contributed by atoms with Crippen LogP contribution >= 0.6 is 11.6 Å². The highest BCUT2D eigenvalue weighted by molar-refractivity contribution is 6.32. The van der Waals surface area contributed by atoms with Crippen LogP contribution < -0.4 is 4.90 Å². The Morgan fingerprint density at radius 1 is 1.58 bits per heavy atom. The van der Waals surface area contributed by atoms with Gasteiger partial charge >= 0.3 is 0 Å². The molecule has 0 amide bonds. The molecule has 1 heterocycles. The Morgan fingerprint density at radius 3 is 2.92 bits per heavy atom. The lowest BCUT2D eigenvalue weighted by Gasteiger charge is -2.17. The third-order valence-electron chi connectivity index (χ3n) is 1.66. The highest BCUT2D eigenvalue weighted by atomic mass is 35.5. The summed E-state index contributed by atoms with van der Waals surface area (Å²) in [4.78, 5) is 6.25. The first-order valence-corrected chi connectivity index (χ1v) is 4.45. The van der Waals surface area contributed by atoms with Crippen LogP contribution in [-0.4, -0.2) is 18.6 Å². The van der Waals surface area contributed by atoms with Crippen LogP contribution in [0.4, 0.5) is 5.82 Å². The maximum absolute atomic E-state index is 5.95. The van der Waals surface area contributed by atoms with Crippen molar-refractivity contribution in [3.05, 3.63) is 23.4 Å². The quantitative estimate of drug-likeness (QED) is 0.718. The Morgan fingerprint density at radius 2 is 2.33 bits per heavy atom. The van der Waals surface area contributed by atoms with E-state index in [0.717, 1.165) is 18.8 Å². The van der Waals surface area contributed by atoms with E-state index in [4.69, 9.17) is 11.6 Å². The van der Waals surface area contributed by atoms with Gasteiger partial charge < -0.3 is 4.90 Å². The van der Waals surface area contributed by atoms with Crippen molar-refractivity contribution in [2.45, 2.75) is 13.3 Å². The molecule has 0 aromatic carbocycles. The summed E-state index contributed by atoms with van der Waals surface area (Å²) >= 11 is 5.95. The minimum absolute atomic E-state index is 0.716. The average Bonchev–Trinajstić information content (AvgIpc) is 2.05. The number of aromatic nitrogens is 1. The molecule has 3 heteroatoms. The van der Waals surface area contributed by atoms with Crippen LogP contribution in [0, 0.1) is 0 Å². The second kappa shape index (κ2) is 4.31. The van der Waals surface area contributed by atoms with Crippen molar-refractivity contribution in [2.24, 2.45) is 0 Å². The van der Waals surface area contributed by atoms with Crippen LogP contribution in [0.2, 0.25) is 5.02 Å². The molecule has 0 unspecified atom stereocenters. The first-order valence-electron chi connectivity index (χ1n) is 4.07. The number of hydrogen-bond acceptors (Lipinski definition) is 2. The zero-order valence-corrected chi connectivity index (χ0v) is 8.17. The van der Waals surface area contributed by atoms with E-state index in [-0.39, 0.29) is 0 Å². The third-order valence-corrected chi connectivity index (χ3v) is 1.95. The zero-order valence-electron chi connectivity index (χ0n) is 7.42. The van der Waals surface area contributed by atoms with Gasteiger partial charge in [-0.05, 0) is 18.6 Å². The van der Waals surface area contributed by atoms with Gasteiger partial charge in [0.1, 0.15) is 5.82 Å². The molecule has 1 rings (SSSR count). The predicted octanol–water partition coefficient (Wildman–Crippen LogP) is 2.58. The highest BCUT2D eigenvalue weighted by Gasteiger charge is 2.04. The normalized spacial score (nSPS) is 9.92. The second-order valence-corrected chi connectivity index (χ2v) is 3.14. The molecule has 12 heavy (non-hydrogen) atoms. The molecule has 2 nitrogen and oxygen atoms in total. The van der Waals surface area contributed by atoms with E-state index in [1.807, 2.05) is 19.2 Å². The number of rotatable bonds is 3. The van der Waals surface area contributed by atoms with Crippen molar-refractivity contribution in [2.75, 3.05) is 18.5 Å². The lowest BCUT2D eigenvalue weighted by atomic mass is 10.4. The number of anilines is 1. The van der Waals surface area contributed by atoms with Gasteiger partial charge in [0.25, 0.3) is 0 Å². The fourth-order valence-electron chi connectivity index (χ4n) is 1.10. The summed E-state index contributed by atoms with van der Waals surface area (Å²) in [5, 5.41) is 0.716. The van der Waals surface area contributed by atoms with Crippen LogP contribution in [0.15, 0.2) is 18.3 Å². The fourth-order valence-corrected chi connectivity index (χ4v) is 1.37. The number of hydrogen-bond donors (Lipinski definition) is 0. The molecule has 0 atom stereocenters. The summed E-state index contributed by atoms with van der Waals surface area (Å²) in [7, 11) is 2.00. The third kappa shape index (κ3) is 2.11. The summed E-state index contributed by atoms with van der Waals surface area (Å²) in [6.07, 6.45) is 2.86. The monoisotopic (exact) mass is 184 g/mol. The highest BCUT2D eigenvalue weighted by Crippen LogP contribution is 2.20. The van der Waals surface area contributed by atoms with E-state index in [0.29, 0.717) is 5.02 Å². The zero-order chi connectivity index (χ0) is 8.97. The first-order chi connectivity index (χ1) is 5.75. The van der Waals surface area contributed by atoms with Crippen molar-refractivity contribution >= 4 is 17.4 Å². The van der Waals surface area contributed by atoms with Crippen molar-refractivity contribution in [3.63, 3.8) is 0 Å². The van der Waals surface area contributed by atoms with Crippen LogP contribution in [0.25, 0.3) is 0 Å². The van der Waals surface area contributed by atoms with Gasteiger partial charge in [-0.3, -0.25) is 0 Å². The van der Waals surface area contributed by atoms with Gasteiger partial charge in [0.05, 0.1) is 5.02 Å². The number of nitrogens with zero attached hydrogens (tertiary/aromatic N) is 2. The molecule has 0 N–H and O–H groups in total. The molecule has 0 bridgehead atoms. The van der Waals surface area contributed by atoms with Crippen LogP contribution in [0.1, 0.15) is 13.3 Å². The maximum Gasteiger partial charge on any atom is 0.147 e. The van der Waals surface area contributed by atoms with Crippen molar-refractivity contribution < 1.29 is 0 Å². The topological polar surface area (TPSA) is 16.1 Å². The Hall–Kier alpha value is -0.760. The van der Waals surface area contributed by atoms with Crippen molar-refractivity contribution in [3.8, 4) is 0 Å². The van der Waals surface area contributed by atoms with Gasteiger partial charge in [-0.25, -0.2) is 4.98 Å². The first kappa shape index (κ1) is 9.33. The van der Waals surface area contributed by atoms with Crippen LogP contribution in [0.5, 0.6) is 0 Å². The lowest BCUT2D eigenvalue weighted by Crippen LogP contribution is -2.19. The van der Waals surface area contributed by atoms with Crippen molar-refractivity contribution in [1.29, 1.82) is 0 Å². The molecule has 1 aromatic rings. The molecule has 0 radical (unpaired) electrons. The standard InChI is InChI=1S/C9H13ClN2/c1-3-7-12(2)9-8(10)5-4-6-11-9/h4-6H,3,7H2,1-2H3. The van der Waals surface area contributed by atoms with E-state index < -0.39 is 0 Å². The average molecular weight is 185 g/mol. The van der Waals surface area contributed by atoms with Gasteiger partial charge in [-0.2, -0.15) is 0 Å². The van der Waals surface area contributed by atoms with Crippen LogP contribution in [0.3, 0.4) is 0 Å². The van der Waals surface area contributed by atoms with Gasteiger partial charge in [0, 0.05) is 19.8 Å². The number of halogens is 1. The predicted molar refractivity (Wildman–Crippen MR) is 52.8 cm³/mol. The van der Waals surface area contributed by atoms with Crippen LogP contribution in [-0.2, 0) is 0 Å². The van der Waals surface area contributed by atoms with E-state index >= 15 is 0 Å². The van der Waals surface area contributed by atoms with E-state index in [1.165, 1.54) is 0 Å². The molecule has 0 aliphatic rings. The second-order valence-electron chi connectivity index (χ2n) is 2.73. The molecule has 66 valence electrons. The Bertz CT molecular complexity index is 250. The van der Waals surface area contributed by atoms with E-state index in [1.54, 1.807) is 6.20 Å². The molecule has 0 aliphatic carbocycles. The summed E-state index contributed by atoms with van der Waals surface area (Å²) in [5.74, 6) is 0.862. The SMILES string of the molecule is CCCN(C)c1ncccc1Cl. The summed E-state index contributed by atoms with van der Waals surface area (Å²) in [5.41, 5.74) is 0. The van der Waals surface area contributed by atoms with Gasteiger partial charge in [-0.15, -0.1) is 0 Å². The summed E-state index contributed by atoms with van der Waals surface area (Å²) in [6.45, 7) is 3.12. The summed E-state index contributed by atoms with van der Waals surface area (Å²) < 4.78 is 0. The molecule has 0 spiro atoms. The Labute approximate surface area is 78.2 Å². The minimum atomic E-state index is 0.716. The molecular weight excluding hydrogens is 172 g/mol. The molecule has 0 aliphatic heterocycles. The minimum Gasteiger partial charge on any atom is -0.358 e. The van der Waals surface area contributed by atoms with Gasteiger partial charge in [0.15, 0.2) is 0 Å². The van der Waals surface area contributed by atoms with Gasteiger partial charge in [-0.1, -0.05) is 18.5 Å². The summed E-state index contributed by atoms with van der Waals surface area (Å²) in [6, 6.07) is 3.70. The number of pyridine rings is 1. The fraction of sp³-hybridized carbons (Fsp3) is 0.444. The molecule has 0 fully saturated rings. The van der Waals surface area contributed by atoms with Crippen molar-refractivity contribution in [1.82, 2.24) is 4.98 Å². The van der Waals surface area contributed by atoms with Gasteiger partial charge in [0.2, 0.25) is 0 Å². The Balaban J connectivity index is 2.79.